The minimum absolute atomic E-state index is 0.000229. The van der Waals surface area contributed by atoms with Crippen molar-refractivity contribution in [3.63, 3.8) is 0 Å². The first-order chi connectivity index (χ1) is 36.6. The molecule has 0 saturated carbocycles. The van der Waals surface area contributed by atoms with Crippen LogP contribution in [-0.4, -0.2) is 140 Å². The van der Waals surface area contributed by atoms with E-state index in [0.29, 0.717) is 24.3 Å². The summed E-state index contributed by atoms with van der Waals surface area (Å²) in [6, 6.07) is 7.87. The summed E-state index contributed by atoms with van der Waals surface area (Å²) in [4.78, 5) is -5.91. The molecular formula is C34H32N6O30S9. The number of phenolic OH excluding ortho intramolecular Hbond substituents is 3. The minimum Gasteiger partial charge on any atom is -0.504 e. The number of phenols is 3. The van der Waals surface area contributed by atoms with E-state index in [9.17, 15) is 87.9 Å². The van der Waals surface area contributed by atoms with Gasteiger partial charge < -0.3 is 15.3 Å². The highest BCUT2D eigenvalue weighted by Crippen LogP contribution is 2.57. The van der Waals surface area contributed by atoms with Crippen molar-refractivity contribution in [2.24, 2.45) is 30.7 Å². The topological polar surface area (TPSA) is 560 Å². The Morgan fingerprint density at radius 2 is 0.797 bits per heavy atom. The number of sulfone groups is 3. The van der Waals surface area contributed by atoms with Crippen LogP contribution in [0, 0.1) is 0 Å². The Balaban J connectivity index is 1.71. The van der Waals surface area contributed by atoms with Gasteiger partial charge in [0.25, 0.3) is 30.4 Å². The Bertz CT molecular complexity index is 4070. The van der Waals surface area contributed by atoms with Crippen LogP contribution in [0.5, 0.6) is 17.2 Å². The maximum Gasteiger partial charge on any atom is 0.397 e. The van der Waals surface area contributed by atoms with Crippen LogP contribution in [-0.2, 0) is 102 Å². The summed E-state index contributed by atoms with van der Waals surface area (Å²) in [6.07, 6.45) is 0. The van der Waals surface area contributed by atoms with Crippen molar-refractivity contribution < 1.29 is 134 Å². The summed E-state index contributed by atoms with van der Waals surface area (Å²) in [7, 11) is -35.0. The monoisotopic (exact) mass is 1290 g/mol. The van der Waals surface area contributed by atoms with E-state index < -0.39 is 193 Å². The predicted molar refractivity (Wildman–Crippen MR) is 261 cm³/mol. The van der Waals surface area contributed by atoms with Crippen LogP contribution in [0.3, 0.4) is 0 Å². The molecule has 9 N–H and O–H groups in total. The largest absolute Gasteiger partial charge is 0.504 e. The van der Waals surface area contributed by atoms with E-state index in [1.807, 2.05) is 0 Å². The zero-order valence-corrected chi connectivity index (χ0v) is 45.4. The van der Waals surface area contributed by atoms with E-state index in [-0.39, 0.29) is 36.1 Å². The number of azo groups is 3. The third kappa shape index (κ3) is 17.0. The summed E-state index contributed by atoms with van der Waals surface area (Å²) >= 11 is 0.0795. The molecule has 0 aromatic heterocycles. The molecule has 0 amide bonds. The van der Waals surface area contributed by atoms with E-state index in [1.54, 1.807) is 0 Å². The maximum atomic E-state index is 13.0. The SMILES string of the molecule is O=S(=O)(O)OCCS(=O)(=O)c1ccc(/N=N/c2c(O)c(/N=N/c3ccc(S(=O)(=O)CCOSOOO)cc3S(=O)(=O)O)c(O)c(/N=N/c3ccc4cc(S(=O)(=O)CCOSOOO)ccc4c3S(=O)(=O)O)c2O)c(S(=O)(=O)O)c1. The molecule has 432 valence electrons. The molecule has 0 heterocycles. The molecule has 0 aliphatic rings. The van der Waals surface area contributed by atoms with Crippen LogP contribution >= 0.6 is 24.6 Å². The van der Waals surface area contributed by atoms with Crippen LogP contribution in [0.2, 0.25) is 0 Å². The van der Waals surface area contributed by atoms with Crippen LogP contribution in [0.1, 0.15) is 0 Å². The van der Waals surface area contributed by atoms with Gasteiger partial charge in [-0.25, -0.2) is 40.0 Å². The van der Waals surface area contributed by atoms with Crippen LogP contribution in [0.15, 0.2) is 127 Å². The Morgan fingerprint density at radius 1 is 0.430 bits per heavy atom. The summed E-state index contributed by atoms with van der Waals surface area (Å²) in [5.74, 6) is -7.42. The molecule has 0 spiro atoms. The van der Waals surface area contributed by atoms with Gasteiger partial charge >= 0.3 is 10.4 Å². The fourth-order valence-electron chi connectivity index (χ4n) is 6.06. The molecule has 0 aliphatic heterocycles. The van der Waals surface area contributed by atoms with Gasteiger partial charge in [0.05, 0.1) is 51.8 Å². The highest BCUT2D eigenvalue weighted by Gasteiger charge is 2.29. The Hall–Kier alpha value is -5.61. The zero-order chi connectivity index (χ0) is 58.9. The summed E-state index contributed by atoms with van der Waals surface area (Å²) in [6.45, 7) is -2.37. The van der Waals surface area contributed by atoms with Gasteiger partial charge in [-0.2, -0.15) is 33.7 Å². The van der Waals surface area contributed by atoms with Crippen molar-refractivity contribution in [1.29, 1.82) is 0 Å². The number of nitrogens with zero attached hydrogens (tertiary/aromatic N) is 6. The number of hydrogen-bond donors (Lipinski definition) is 9. The van der Waals surface area contributed by atoms with Crippen molar-refractivity contribution in [1.82, 2.24) is 0 Å². The standard InChI is InChI=1S/C34H32N6O30S9/c41-31-28(38-35-23-7-3-20(16-26(23)76(52,53)54)74(48,49)13-10-65-72-70-68-45)32(42)30(33(43)29(31)39-36-24-8-4-21(17-27(24)77(55,56)57)75(50,51)14-11-66-79(61,62)63)40-37-25-6-1-18-15-19(2-5-22(18)34(25)78(58,59)60)73(46,47)12-9-64-71-69-67-44/h1-8,15-17,41-45H,9-14H2,(H,52,53,54)(H,55,56,57)(H,58,59,60)(H,61,62,63)/b38-35+,39-36+,40-37+. The van der Waals surface area contributed by atoms with Crippen LogP contribution in [0.25, 0.3) is 10.8 Å². The van der Waals surface area contributed by atoms with Crippen LogP contribution < -0.4 is 0 Å². The minimum atomic E-state index is -5.54. The van der Waals surface area contributed by atoms with Gasteiger partial charge in [0.2, 0.25) is 0 Å². The second-order valence-electron chi connectivity index (χ2n) is 14.4. The Kier molecular flexibility index (Phi) is 21.0. The normalized spacial score (nSPS) is 13.4. The van der Waals surface area contributed by atoms with Crippen molar-refractivity contribution in [3.05, 3.63) is 66.7 Å². The molecule has 5 rings (SSSR count). The van der Waals surface area contributed by atoms with Gasteiger partial charge in [0.1, 0.15) is 31.7 Å². The number of hydrogen-bond acceptors (Lipinski definition) is 34. The lowest BCUT2D eigenvalue weighted by Crippen LogP contribution is -2.16. The van der Waals surface area contributed by atoms with Crippen molar-refractivity contribution in [2.45, 2.75) is 29.4 Å². The third-order valence-corrected chi connectivity index (χ3v) is 18.4. The van der Waals surface area contributed by atoms with Gasteiger partial charge in [-0.15, -0.1) is 39.4 Å². The molecule has 0 unspecified atom stereocenters. The van der Waals surface area contributed by atoms with E-state index >= 15 is 0 Å². The lowest BCUT2D eigenvalue weighted by Gasteiger charge is -2.12. The number of benzene rings is 5. The molecule has 5 aromatic rings. The van der Waals surface area contributed by atoms with Gasteiger partial charge in [0, 0.05) is 5.39 Å². The fraction of sp³-hybridized carbons (Fsp3) is 0.176. The molecule has 0 aliphatic carbocycles. The van der Waals surface area contributed by atoms with E-state index in [4.69, 9.17) is 19.3 Å². The van der Waals surface area contributed by atoms with Gasteiger partial charge in [-0.05, 0) is 60.0 Å². The van der Waals surface area contributed by atoms with E-state index in [0.717, 1.165) is 36.4 Å². The molecule has 0 radical (unpaired) electrons. The zero-order valence-electron chi connectivity index (χ0n) is 38.0. The first-order valence-electron chi connectivity index (χ1n) is 19.8. The lowest BCUT2D eigenvalue weighted by molar-refractivity contribution is -0.434. The average molecular weight is 1290 g/mol. The second kappa shape index (κ2) is 25.9. The molecule has 36 nitrogen and oxygen atoms in total. The van der Waals surface area contributed by atoms with Crippen molar-refractivity contribution >= 4 is 140 Å². The molecule has 0 bridgehead atoms. The van der Waals surface area contributed by atoms with E-state index in [1.165, 1.54) is 0 Å². The number of fused-ring (bicyclic) bond motifs is 1. The second-order valence-corrected chi connectivity index (χ2v) is 27.0. The number of aromatic hydroxyl groups is 3. The first kappa shape index (κ1) is 64.2. The maximum absolute atomic E-state index is 13.0. The highest BCUT2D eigenvalue weighted by molar-refractivity contribution is 7.92. The molecular weight excluding hydrogens is 1260 g/mol. The quantitative estimate of drug-likeness (QED) is 0.00786. The molecule has 79 heavy (non-hydrogen) atoms. The summed E-state index contributed by atoms with van der Waals surface area (Å²) in [5, 5.41) is 77.8. The Labute approximate surface area is 452 Å². The van der Waals surface area contributed by atoms with Gasteiger partial charge in [-0.3, -0.25) is 26.6 Å². The first-order valence-corrected chi connectivity index (χ1v) is 31.8. The number of rotatable bonds is 28. The molecule has 0 fully saturated rings. The summed E-state index contributed by atoms with van der Waals surface area (Å²) < 4.78 is 236. The molecule has 5 aromatic carbocycles. The third-order valence-electron chi connectivity index (χ3n) is 9.46. The highest BCUT2D eigenvalue weighted by atomic mass is 32.3. The predicted octanol–water partition coefficient (Wildman–Crippen LogP) is 5.09. The van der Waals surface area contributed by atoms with Gasteiger partial charge in [0.15, 0.2) is 88.5 Å². The molecule has 0 saturated heterocycles. The molecule has 0 atom stereocenters. The van der Waals surface area contributed by atoms with Crippen LogP contribution in [0.4, 0.5) is 34.1 Å². The fourth-order valence-corrected chi connectivity index (χ4v) is 12.7. The Morgan fingerprint density at radius 3 is 1.18 bits per heavy atom. The van der Waals surface area contributed by atoms with Crippen molar-refractivity contribution in [2.75, 3.05) is 37.1 Å². The molecule has 45 heteroatoms. The lowest BCUT2D eigenvalue weighted by atomic mass is 10.1. The van der Waals surface area contributed by atoms with Crippen molar-refractivity contribution in [3.8, 4) is 17.2 Å². The van der Waals surface area contributed by atoms with Gasteiger partial charge in [-0.1, -0.05) is 22.2 Å². The van der Waals surface area contributed by atoms with E-state index in [2.05, 4.69) is 57.8 Å². The average Bonchev–Trinajstić information content (AvgIpc) is 3.35. The smallest absolute Gasteiger partial charge is 0.397 e. The summed E-state index contributed by atoms with van der Waals surface area (Å²) in [5.41, 5.74) is -6.84.